The van der Waals surface area contributed by atoms with Crippen LogP contribution in [0.3, 0.4) is 0 Å². The number of hydrogen-bond donors (Lipinski definition) is 4. The molecule has 1 aromatic carbocycles. The Hall–Kier alpha value is -2.00. The van der Waals surface area contributed by atoms with E-state index in [2.05, 4.69) is 14.6 Å². The number of ether oxygens (including phenoxy) is 1. The molecule has 0 unspecified atom stereocenters. The van der Waals surface area contributed by atoms with Gasteiger partial charge in [0.15, 0.2) is 5.84 Å². The van der Waals surface area contributed by atoms with Crippen molar-refractivity contribution < 1.29 is 18.4 Å². The summed E-state index contributed by atoms with van der Waals surface area (Å²) < 4.78 is 33.3. The predicted molar refractivity (Wildman–Crippen MR) is 76.2 cm³/mol. The van der Waals surface area contributed by atoms with Gasteiger partial charge in [-0.1, -0.05) is 18.1 Å². The number of hydrogen-bond acceptors (Lipinski definition) is 5. The van der Waals surface area contributed by atoms with E-state index >= 15 is 0 Å². The van der Waals surface area contributed by atoms with Crippen molar-refractivity contribution in [3.63, 3.8) is 0 Å². The molecule has 112 valence electrons. The molecule has 8 nitrogen and oxygen atoms in total. The van der Waals surface area contributed by atoms with E-state index < -0.39 is 10.2 Å². The molecule has 0 aliphatic carbocycles. The van der Waals surface area contributed by atoms with Crippen LogP contribution in [-0.4, -0.2) is 32.6 Å². The number of amidine groups is 1. The standard InChI is InChI=1S/C11H18N4O4S/c1-2-6-13-20(17,18)15-9-4-3-5-10(7-9)19-8-11(12)14-16/h3-5,7,13,15-16H,2,6,8H2,1H3,(H2,12,14). The minimum Gasteiger partial charge on any atom is -0.485 e. The maximum Gasteiger partial charge on any atom is 0.299 e. The van der Waals surface area contributed by atoms with Crippen LogP contribution in [0.25, 0.3) is 0 Å². The third kappa shape index (κ3) is 5.76. The van der Waals surface area contributed by atoms with Crippen molar-refractivity contribution in [3.8, 4) is 5.75 Å². The van der Waals surface area contributed by atoms with Crippen LogP contribution < -0.4 is 19.9 Å². The largest absolute Gasteiger partial charge is 0.485 e. The first kappa shape index (κ1) is 16.1. The van der Waals surface area contributed by atoms with Gasteiger partial charge in [-0.15, -0.1) is 0 Å². The minimum absolute atomic E-state index is 0.0828. The number of oxime groups is 1. The van der Waals surface area contributed by atoms with Crippen LogP contribution in [0, 0.1) is 0 Å². The van der Waals surface area contributed by atoms with Gasteiger partial charge in [-0.2, -0.15) is 13.1 Å². The van der Waals surface area contributed by atoms with Crippen LogP contribution in [0.5, 0.6) is 5.75 Å². The fourth-order valence-electron chi connectivity index (χ4n) is 1.26. The second-order valence-corrected chi connectivity index (χ2v) is 5.41. The van der Waals surface area contributed by atoms with Gasteiger partial charge in [0.1, 0.15) is 12.4 Å². The van der Waals surface area contributed by atoms with Crippen molar-refractivity contribution in [3.05, 3.63) is 24.3 Å². The Morgan fingerprint density at radius 3 is 2.90 bits per heavy atom. The van der Waals surface area contributed by atoms with E-state index in [1.807, 2.05) is 6.92 Å². The average molecular weight is 302 g/mol. The lowest BCUT2D eigenvalue weighted by atomic mass is 10.3. The summed E-state index contributed by atoms with van der Waals surface area (Å²) in [6.07, 6.45) is 0.698. The second-order valence-electron chi connectivity index (χ2n) is 3.91. The van der Waals surface area contributed by atoms with E-state index in [1.54, 1.807) is 18.2 Å². The summed E-state index contributed by atoms with van der Waals surface area (Å²) in [5.41, 5.74) is 5.62. The number of nitrogens with two attached hydrogens (primary N) is 1. The van der Waals surface area contributed by atoms with Gasteiger partial charge in [0, 0.05) is 12.6 Å². The molecule has 20 heavy (non-hydrogen) atoms. The lowest BCUT2D eigenvalue weighted by Crippen LogP contribution is -2.30. The number of rotatable bonds is 8. The van der Waals surface area contributed by atoms with Crippen molar-refractivity contribution in [2.75, 3.05) is 17.9 Å². The van der Waals surface area contributed by atoms with Crippen LogP contribution in [-0.2, 0) is 10.2 Å². The molecule has 9 heteroatoms. The van der Waals surface area contributed by atoms with Crippen LogP contribution >= 0.6 is 0 Å². The molecule has 0 aliphatic heterocycles. The van der Waals surface area contributed by atoms with Crippen molar-refractivity contribution >= 4 is 21.7 Å². The van der Waals surface area contributed by atoms with Gasteiger partial charge in [0.05, 0.1) is 5.69 Å². The molecule has 0 aromatic heterocycles. The van der Waals surface area contributed by atoms with Crippen molar-refractivity contribution in [1.82, 2.24) is 4.72 Å². The van der Waals surface area contributed by atoms with Gasteiger partial charge in [-0.05, 0) is 18.6 Å². The smallest absolute Gasteiger partial charge is 0.299 e. The quantitative estimate of drug-likeness (QED) is 0.240. The topological polar surface area (TPSA) is 126 Å². The first-order valence-corrected chi connectivity index (χ1v) is 7.42. The molecule has 0 saturated heterocycles. The Morgan fingerprint density at radius 2 is 2.25 bits per heavy atom. The second kappa shape index (κ2) is 7.56. The average Bonchev–Trinajstić information content (AvgIpc) is 2.42. The van der Waals surface area contributed by atoms with Gasteiger partial charge in [-0.3, -0.25) is 4.72 Å². The van der Waals surface area contributed by atoms with Crippen molar-refractivity contribution in [1.29, 1.82) is 0 Å². The summed E-state index contributed by atoms with van der Waals surface area (Å²) in [6, 6.07) is 6.33. The Balaban J connectivity index is 2.68. The van der Waals surface area contributed by atoms with E-state index in [9.17, 15) is 8.42 Å². The predicted octanol–water partition coefficient (Wildman–Crippen LogP) is 0.468. The van der Waals surface area contributed by atoms with Crippen LogP contribution in [0.1, 0.15) is 13.3 Å². The van der Waals surface area contributed by atoms with Crippen molar-refractivity contribution in [2.24, 2.45) is 10.9 Å². The zero-order valence-electron chi connectivity index (χ0n) is 11.0. The van der Waals surface area contributed by atoms with E-state index in [0.717, 1.165) is 0 Å². The first-order valence-electron chi connectivity index (χ1n) is 5.93. The lowest BCUT2D eigenvalue weighted by Gasteiger charge is -2.10. The Kier molecular flexibility index (Phi) is 6.07. The highest BCUT2D eigenvalue weighted by Gasteiger charge is 2.09. The van der Waals surface area contributed by atoms with Crippen LogP contribution in [0.2, 0.25) is 0 Å². The van der Waals surface area contributed by atoms with E-state index in [1.165, 1.54) is 6.07 Å². The number of nitrogens with one attached hydrogen (secondary N) is 2. The first-order chi connectivity index (χ1) is 9.46. The van der Waals surface area contributed by atoms with Crippen LogP contribution in [0.4, 0.5) is 5.69 Å². The molecule has 0 radical (unpaired) electrons. The molecule has 0 amide bonds. The summed E-state index contributed by atoms with van der Waals surface area (Å²) in [7, 11) is -3.59. The Morgan fingerprint density at radius 1 is 1.50 bits per heavy atom. The molecule has 0 fully saturated rings. The van der Waals surface area contributed by atoms with Gasteiger partial charge in [0.2, 0.25) is 0 Å². The summed E-state index contributed by atoms with van der Waals surface area (Å²) >= 11 is 0. The molecule has 0 aliphatic rings. The number of benzene rings is 1. The third-order valence-electron chi connectivity index (χ3n) is 2.14. The van der Waals surface area contributed by atoms with Gasteiger partial charge in [0.25, 0.3) is 10.2 Å². The molecule has 0 spiro atoms. The maximum atomic E-state index is 11.6. The van der Waals surface area contributed by atoms with Gasteiger partial charge >= 0.3 is 0 Å². The maximum absolute atomic E-state index is 11.6. The highest BCUT2D eigenvalue weighted by atomic mass is 32.2. The molecule has 1 aromatic rings. The molecule has 5 N–H and O–H groups in total. The summed E-state index contributed by atoms with van der Waals surface area (Å²) in [5, 5.41) is 11.2. The fourth-order valence-corrected chi connectivity index (χ4v) is 2.25. The normalized spacial score (nSPS) is 12.2. The van der Waals surface area contributed by atoms with E-state index in [0.29, 0.717) is 24.4 Å². The highest BCUT2D eigenvalue weighted by Crippen LogP contribution is 2.17. The Labute approximate surface area is 117 Å². The molecule has 0 saturated carbocycles. The van der Waals surface area contributed by atoms with Gasteiger partial charge < -0.3 is 15.7 Å². The SMILES string of the molecule is CCCNS(=O)(=O)Nc1cccc(OC/C(N)=N/O)c1. The van der Waals surface area contributed by atoms with E-state index in [4.69, 9.17) is 15.7 Å². The summed E-state index contributed by atoms with van der Waals surface area (Å²) in [6.45, 7) is 2.12. The fraction of sp³-hybridized carbons (Fsp3) is 0.364. The van der Waals surface area contributed by atoms with E-state index in [-0.39, 0.29) is 12.4 Å². The Bertz CT molecular complexity index is 559. The molecule has 0 bridgehead atoms. The molecule has 1 rings (SSSR count). The third-order valence-corrected chi connectivity index (χ3v) is 3.23. The molecule has 0 atom stereocenters. The molecular formula is C11H18N4O4S. The molecule has 0 heterocycles. The monoisotopic (exact) mass is 302 g/mol. The zero-order valence-corrected chi connectivity index (χ0v) is 11.9. The highest BCUT2D eigenvalue weighted by molar-refractivity contribution is 7.90. The zero-order chi connectivity index (χ0) is 15.0. The molecular weight excluding hydrogens is 284 g/mol. The number of anilines is 1. The van der Waals surface area contributed by atoms with Crippen LogP contribution in [0.15, 0.2) is 29.4 Å². The minimum atomic E-state index is -3.59. The van der Waals surface area contributed by atoms with Crippen molar-refractivity contribution in [2.45, 2.75) is 13.3 Å². The van der Waals surface area contributed by atoms with Gasteiger partial charge in [-0.25, -0.2) is 0 Å². The summed E-state index contributed by atoms with van der Waals surface area (Å²) in [5.74, 6) is 0.313. The summed E-state index contributed by atoms with van der Waals surface area (Å²) in [4.78, 5) is 0. The number of nitrogens with zero attached hydrogens (tertiary/aromatic N) is 1. The lowest BCUT2D eigenvalue weighted by molar-refractivity contribution is 0.306.